The van der Waals surface area contributed by atoms with E-state index in [4.69, 9.17) is 58.1 Å². The molecule has 0 aromatic rings. The zero-order valence-electron chi connectivity index (χ0n) is 24.4. The first-order valence-electron chi connectivity index (χ1n) is 13.2. The van der Waals surface area contributed by atoms with Crippen LogP contribution < -0.4 is 0 Å². The van der Waals surface area contributed by atoms with Crippen molar-refractivity contribution >= 4 is 35.8 Å². The third kappa shape index (κ3) is 24.1. The van der Waals surface area contributed by atoms with Crippen molar-refractivity contribution < 1.29 is 58.7 Å². The van der Waals surface area contributed by atoms with Gasteiger partial charge in [0.15, 0.2) is 0 Å². The highest BCUT2D eigenvalue weighted by molar-refractivity contribution is 5.73. The maximum absolute atomic E-state index is 11.9. The largest absolute Gasteiger partial charge is 0.480 e. The molecule has 0 saturated heterocycles. The van der Waals surface area contributed by atoms with Crippen molar-refractivity contribution in [1.29, 1.82) is 0 Å². The molecule has 0 fully saturated rings. The van der Waals surface area contributed by atoms with Gasteiger partial charge in [-0.25, -0.2) is 0 Å². The van der Waals surface area contributed by atoms with Crippen LogP contribution >= 0.6 is 0 Å². The Bertz CT molecular complexity index is 820. The fourth-order valence-corrected chi connectivity index (χ4v) is 3.36. The molecule has 0 aromatic carbocycles. The normalized spacial score (nSPS) is 11.6. The minimum atomic E-state index is -1.18. The van der Waals surface area contributed by atoms with Gasteiger partial charge < -0.3 is 29.9 Å². The predicted molar refractivity (Wildman–Crippen MR) is 149 cm³/mol. The van der Waals surface area contributed by atoms with E-state index in [0.717, 1.165) is 9.80 Å². The monoisotopic (exact) mass is 628 g/mol. The van der Waals surface area contributed by atoms with Crippen molar-refractivity contribution in [3.8, 4) is 0 Å². The molecule has 44 heavy (non-hydrogen) atoms. The number of carbonyl (C=O) groups excluding carboxylic acids is 2. The number of esters is 2. The molecular formula is C26H40N6O12. The van der Waals surface area contributed by atoms with Gasteiger partial charge >= 0.3 is 35.8 Å². The lowest BCUT2D eigenvalue weighted by Crippen LogP contribution is -2.40. The predicted octanol–water partition coefficient (Wildman–Crippen LogP) is -3.10. The molecule has 8 radical (unpaired) electrons. The van der Waals surface area contributed by atoms with Crippen LogP contribution in [0.2, 0.25) is 0 Å². The molecule has 0 aromatic heterocycles. The summed E-state index contributed by atoms with van der Waals surface area (Å²) in [6.45, 7) is -1.84. The number of aliphatic carboxylic acids is 4. The van der Waals surface area contributed by atoms with E-state index in [1.54, 1.807) is 0 Å². The quantitative estimate of drug-likeness (QED) is 0.0402. The van der Waals surface area contributed by atoms with Gasteiger partial charge in [-0.15, -0.1) is 0 Å². The summed E-state index contributed by atoms with van der Waals surface area (Å²) in [5, 5.41) is 35.4. The summed E-state index contributed by atoms with van der Waals surface area (Å²) < 4.78 is 9.91. The molecule has 246 valence electrons. The minimum Gasteiger partial charge on any atom is -0.480 e. The summed E-state index contributed by atoms with van der Waals surface area (Å²) in [4.78, 5) is 74.5. The van der Waals surface area contributed by atoms with Gasteiger partial charge in [0.1, 0.15) is 13.2 Å². The van der Waals surface area contributed by atoms with E-state index in [9.17, 15) is 28.8 Å². The molecular weight excluding hydrogens is 588 g/mol. The van der Waals surface area contributed by atoms with E-state index in [1.807, 2.05) is 0 Å². The van der Waals surface area contributed by atoms with Gasteiger partial charge in [0.2, 0.25) is 0 Å². The van der Waals surface area contributed by atoms with Crippen LogP contribution in [0.5, 0.6) is 0 Å². The Balaban J connectivity index is 4.12. The second-order valence-corrected chi connectivity index (χ2v) is 9.45. The molecule has 0 bridgehead atoms. The standard InChI is InChI=1S/C26H40N6O12/c1-27(9-11-31(15-21(33)34)16-22(35)36)5-7-29(3)19-25(41)43-13-14-44-26(42)20-30(4)8-6-28(2)10-12-32(17-23(37)38)18-24(39)40/h1-4H,5-20H2,(H,33,34)(H,35,36)(H,37,38)(H,39,40). The molecule has 0 aliphatic heterocycles. The molecule has 0 amide bonds. The zero-order chi connectivity index (χ0) is 33.7. The molecule has 0 unspecified atom stereocenters. The van der Waals surface area contributed by atoms with E-state index in [0.29, 0.717) is 0 Å². The lowest BCUT2D eigenvalue weighted by atomic mass is 10.4. The Morgan fingerprint density at radius 3 is 0.932 bits per heavy atom. The fraction of sp³-hybridized carbons (Fsp3) is 0.615. The maximum atomic E-state index is 11.9. The molecule has 0 atom stereocenters. The van der Waals surface area contributed by atoms with Crippen molar-refractivity contribution in [1.82, 2.24) is 29.4 Å². The van der Waals surface area contributed by atoms with E-state index in [-0.39, 0.29) is 78.7 Å². The maximum Gasteiger partial charge on any atom is 0.320 e. The lowest BCUT2D eigenvalue weighted by Gasteiger charge is -2.24. The van der Waals surface area contributed by atoms with Gasteiger partial charge in [-0.05, 0) is 0 Å². The van der Waals surface area contributed by atoms with E-state index in [1.165, 1.54) is 19.6 Å². The number of carbonyl (C=O) groups is 6. The van der Waals surface area contributed by atoms with Gasteiger partial charge in [0.05, 0.1) is 39.3 Å². The molecule has 18 heteroatoms. The van der Waals surface area contributed by atoms with Gasteiger partial charge in [-0.3, -0.25) is 58.2 Å². The third-order valence-electron chi connectivity index (χ3n) is 5.47. The molecule has 4 N–H and O–H groups in total. The first kappa shape index (κ1) is 40.6. The number of hydrogen-bond acceptors (Lipinski definition) is 14. The molecule has 0 rings (SSSR count). The first-order chi connectivity index (χ1) is 20.6. The number of nitrogens with zero attached hydrogens (tertiary/aromatic N) is 6. The fourth-order valence-electron chi connectivity index (χ4n) is 3.36. The van der Waals surface area contributed by atoms with Crippen LogP contribution in [-0.4, -0.2) is 190 Å². The van der Waals surface area contributed by atoms with Crippen LogP contribution in [0.1, 0.15) is 0 Å². The highest BCUT2D eigenvalue weighted by Gasteiger charge is 2.17. The number of hydrogen-bond donors (Lipinski definition) is 4. The van der Waals surface area contributed by atoms with Crippen LogP contribution in [0.4, 0.5) is 0 Å². The highest BCUT2D eigenvalue weighted by Crippen LogP contribution is 1.97. The number of rotatable bonds is 27. The zero-order valence-corrected chi connectivity index (χ0v) is 24.4. The highest BCUT2D eigenvalue weighted by atomic mass is 16.6. The number of ether oxygens (including phenoxy) is 2. The Kier molecular flexibility index (Phi) is 21.2. The third-order valence-corrected chi connectivity index (χ3v) is 5.47. The van der Waals surface area contributed by atoms with Crippen LogP contribution in [0.25, 0.3) is 0 Å². The van der Waals surface area contributed by atoms with E-state index < -0.39 is 62.0 Å². The summed E-state index contributed by atoms with van der Waals surface area (Å²) >= 11 is 0. The van der Waals surface area contributed by atoms with Crippen LogP contribution in [0, 0.1) is 28.2 Å². The average molecular weight is 629 g/mol. The molecule has 0 saturated carbocycles. The summed E-state index contributed by atoms with van der Waals surface area (Å²) in [5.41, 5.74) is 0. The lowest BCUT2D eigenvalue weighted by molar-refractivity contribution is -0.153. The van der Waals surface area contributed by atoms with Crippen LogP contribution in [-0.2, 0) is 38.2 Å². The first-order valence-corrected chi connectivity index (χ1v) is 13.2. The van der Waals surface area contributed by atoms with Crippen molar-refractivity contribution in [2.75, 3.05) is 105 Å². The summed E-state index contributed by atoms with van der Waals surface area (Å²) in [6, 6.07) is 0. The molecule has 0 aliphatic rings. The summed E-state index contributed by atoms with van der Waals surface area (Å²) in [6.07, 6.45) is 0. The van der Waals surface area contributed by atoms with Crippen molar-refractivity contribution in [2.45, 2.75) is 0 Å². The Labute approximate surface area is 257 Å². The second-order valence-electron chi connectivity index (χ2n) is 9.45. The Morgan fingerprint density at radius 2 is 0.659 bits per heavy atom. The van der Waals surface area contributed by atoms with Gasteiger partial charge in [-0.1, -0.05) is 0 Å². The summed E-state index contributed by atoms with van der Waals surface area (Å²) in [7, 11) is 23.1. The van der Waals surface area contributed by atoms with E-state index in [2.05, 4.69) is 0 Å². The average Bonchev–Trinajstić information content (AvgIpc) is 2.89. The van der Waals surface area contributed by atoms with Gasteiger partial charge in [0.25, 0.3) is 0 Å². The SMILES string of the molecule is [CH]N(CCN([CH])CC(=O)OCCOC(=O)CN([CH])CCN([CH])CCN(CC(=O)O)CC(=O)O)CCN(CC(=O)O)CC(=O)O. The van der Waals surface area contributed by atoms with Crippen LogP contribution in [0.3, 0.4) is 0 Å². The minimum absolute atomic E-state index is 0.0824. The molecule has 0 spiro atoms. The molecule has 0 aliphatic carbocycles. The van der Waals surface area contributed by atoms with Crippen LogP contribution in [0.15, 0.2) is 0 Å². The van der Waals surface area contributed by atoms with Crippen molar-refractivity contribution in [3.63, 3.8) is 0 Å². The van der Waals surface area contributed by atoms with Gasteiger partial charge in [-0.2, -0.15) is 0 Å². The topological polar surface area (TPSA) is 221 Å². The number of carboxylic acid groups (broad SMARTS) is 4. The Morgan fingerprint density at radius 1 is 0.409 bits per heavy atom. The summed E-state index contributed by atoms with van der Waals surface area (Å²) in [5.74, 6) is -6.10. The molecule has 18 nitrogen and oxygen atoms in total. The van der Waals surface area contributed by atoms with E-state index >= 15 is 0 Å². The molecule has 0 heterocycles. The van der Waals surface area contributed by atoms with Crippen molar-refractivity contribution in [3.05, 3.63) is 28.2 Å². The van der Waals surface area contributed by atoms with Crippen molar-refractivity contribution in [2.24, 2.45) is 0 Å². The second kappa shape index (κ2) is 23.0. The smallest absolute Gasteiger partial charge is 0.320 e. The Hall–Kier alpha value is -3.42. The number of carboxylic acids is 4. The van der Waals surface area contributed by atoms with Gasteiger partial charge in [0, 0.05) is 80.5 Å².